The van der Waals surface area contributed by atoms with Gasteiger partial charge < -0.3 is 10.5 Å². The van der Waals surface area contributed by atoms with E-state index in [-0.39, 0.29) is 0 Å². The van der Waals surface area contributed by atoms with E-state index in [1.54, 1.807) is 6.92 Å². The molecule has 0 aliphatic carbocycles. The lowest BCUT2D eigenvalue weighted by atomic mass is 10.3. The maximum Gasteiger partial charge on any atom is 0.339 e. The Morgan fingerprint density at radius 1 is 1.86 bits per heavy atom. The van der Waals surface area contributed by atoms with Crippen LogP contribution in [0.5, 0.6) is 5.06 Å². The lowest BCUT2D eigenvalue weighted by Gasteiger charge is -2.17. The summed E-state index contributed by atoms with van der Waals surface area (Å²) in [7, 11) is 1.52. The van der Waals surface area contributed by atoms with Gasteiger partial charge in [-0.15, -0.1) is 0 Å². The number of nitrogens with two attached hydrogens (primary N) is 1. The zero-order chi connectivity index (χ0) is 10.7. The standard InChI is InChI=1S/C7H11N3O3S/c1-4(10(12)7(8)11)6-9-3-5(13-2)14-6/h3-4,12H,1-2H3,(H2,8,11). The first kappa shape index (κ1) is 10.7. The predicted octanol–water partition coefficient (Wildman–Crippen LogP) is 0.983. The number of carbonyl (C=O) groups excluding carboxylic acids is 1. The number of amides is 2. The molecule has 7 heteroatoms. The van der Waals surface area contributed by atoms with E-state index in [0.29, 0.717) is 15.1 Å². The molecule has 0 saturated heterocycles. The van der Waals surface area contributed by atoms with Gasteiger partial charge in [0.1, 0.15) is 11.0 Å². The van der Waals surface area contributed by atoms with Crippen LogP contribution in [0, 0.1) is 0 Å². The summed E-state index contributed by atoms with van der Waals surface area (Å²) in [6, 6.07) is -1.48. The summed E-state index contributed by atoms with van der Waals surface area (Å²) in [6.45, 7) is 1.61. The molecular formula is C7H11N3O3S. The normalized spacial score (nSPS) is 12.2. The van der Waals surface area contributed by atoms with Crippen molar-refractivity contribution in [2.75, 3.05) is 7.11 Å². The molecule has 1 atom stereocenters. The molecule has 1 rings (SSSR count). The molecule has 78 valence electrons. The van der Waals surface area contributed by atoms with Crippen LogP contribution >= 0.6 is 11.3 Å². The van der Waals surface area contributed by atoms with Crippen molar-refractivity contribution >= 4 is 17.4 Å². The molecule has 0 saturated carbocycles. The van der Waals surface area contributed by atoms with E-state index in [4.69, 9.17) is 10.5 Å². The van der Waals surface area contributed by atoms with Crippen molar-refractivity contribution in [1.29, 1.82) is 0 Å². The van der Waals surface area contributed by atoms with Crippen LogP contribution in [0.4, 0.5) is 4.79 Å². The van der Waals surface area contributed by atoms with Crippen molar-refractivity contribution in [2.45, 2.75) is 13.0 Å². The minimum atomic E-state index is -0.910. The zero-order valence-electron chi connectivity index (χ0n) is 7.80. The average Bonchev–Trinajstić information content (AvgIpc) is 2.63. The van der Waals surface area contributed by atoms with Crippen LogP contribution in [0.3, 0.4) is 0 Å². The highest BCUT2D eigenvalue weighted by molar-refractivity contribution is 7.13. The molecule has 1 aromatic heterocycles. The molecule has 2 amide bonds. The van der Waals surface area contributed by atoms with Crippen molar-refractivity contribution in [2.24, 2.45) is 5.73 Å². The molecule has 0 aromatic carbocycles. The third-order valence-corrected chi connectivity index (χ3v) is 2.78. The highest BCUT2D eigenvalue weighted by Gasteiger charge is 2.20. The largest absolute Gasteiger partial charge is 0.486 e. The number of thiazole rings is 1. The highest BCUT2D eigenvalue weighted by atomic mass is 32.1. The molecule has 1 unspecified atom stereocenters. The number of rotatable bonds is 3. The monoisotopic (exact) mass is 217 g/mol. The first-order valence-corrected chi connectivity index (χ1v) is 4.65. The molecule has 0 fully saturated rings. The van der Waals surface area contributed by atoms with Gasteiger partial charge in [0.2, 0.25) is 0 Å². The van der Waals surface area contributed by atoms with Gasteiger partial charge in [0.15, 0.2) is 5.06 Å². The fraction of sp³-hybridized carbons (Fsp3) is 0.429. The number of methoxy groups -OCH3 is 1. The van der Waals surface area contributed by atoms with Crippen LogP contribution in [-0.2, 0) is 0 Å². The Bertz CT molecular complexity index is 328. The summed E-state index contributed by atoms with van der Waals surface area (Å²) < 4.78 is 4.92. The number of hydrogen-bond donors (Lipinski definition) is 2. The minimum Gasteiger partial charge on any atom is -0.486 e. The molecule has 0 radical (unpaired) electrons. The van der Waals surface area contributed by atoms with Gasteiger partial charge in [0.05, 0.1) is 13.3 Å². The van der Waals surface area contributed by atoms with Gasteiger partial charge in [-0.3, -0.25) is 5.21 Å². The van der Waals surface area contributed by atoms with Crippen LogP contribution in [-0.4, -0.2) is 28.4 Å². The molecule has 0 aliphatic rings. The highest BCUT2D eigenvalue weighted by Crippen LogP contribution is 2.28. The number of urea groups is 1. The number of primary amides is 1. The van der Waals surface area contributed by atoms with Crippen LogP contribution in [0.15, 0.2) is 6.20 Å². The fourth-order valence-electron chi connectivity index (χ4n) is 0.855. The van der Waals surface area contributed by atoms with E-state index in [1.807, 2.05) is 0 Å². The van der Waals surface area contributed by atoms with Gasteiger partial charge in [-0.05, 0) is 6.92 Å². The molecular weight excluding hydrogens is 206 g/mol. The Balaban J connectivity index is 2.78. The number of hydrogen-bond acceptors (Lipinski definition) is 5. The van der Waals surface area contributed by atoms with Gasteiger partial charge in [-0.2, -0.15) is 5.06 Å². The molecule has 14 heavy (non-hydrogen) atoms. The Kier molecular flexibility index (Phi) is 3.26. The minimum absolute atomic E-state index is 0.429. The van der Waals surface area contributed by atoms with Crippen molar-refractivity contribution < 1.29 is 14.7 Å². The van der Waals surface area contributed by atoms with Crippen molar-refractivity contribution in [1.82, 2.24) is 10.0 Å². The summed E-state index contributed by atoms with van der Waals surface area (Å²) in [6.07, 6.45) is 1.52. The second-order valence-corrected chi connectivity index (χ2v) is 3.61. The van der Waals surface area contributed by atoms with Gasteiger partial charge in [-0.1, -0.05) is 11.3 Å². The summed E-state index contributed by atoms with van der Waals surface area (Å²) in [5.41, 5.74) is 4.90. The smallest absolute Gasteiger partial charge is 0.339 e. The molecule has 0 bridgehead atoms. The first-order chi connectivity index (χ1) is 6.56. The summed E-state index contributed by atoms with van der Waals surface area (Å²) in [5.74, 6) is 0. The quantitative estimate of drug-likeness (QED) is 0.583. The second-order valence-electron chi connectivity index (χ2n) is 2.58. The van der Waals surface area contributed by atoms with Crippen LogP contribution < -0.4 is 10.5 Å². The first-order valence-electron chi connectivity index (χ1n) is 3.83. The number of aromatic nitrogens is 1. The van der Waals surface area contributed by atoms with Crippen molar-refractivity contribution in [3.63, 3.8) is 0 Å². The summed E-state index contributed by atoms with van der Waals surface area (Å²) in [5, 5.41) is 10.8. The lowest BCUT2D eigenvalue weighted by Crippen LogP contribution is -2.34. The Hall–Kier alpha value is -1.34. The number of ether oxygens (including phenoxy) is 1. The molecule has 0 spiro atoms. The van der Waals surface area contributed by atoms with Crippen LogP contribution in [0.25, 0.3) is 0 Å². The molecule has 1 aromatic rings. The Morgan fingerprint density at radius 3 is 2.93 bits per heavy atom. The van der Waals surface area contributed by atoms with Gasteiger partial charge >= 0.3 is 6.03 Å². The van der Waals surface area contributed by atoms with Crippen molar-refractivity contribution in [3.05, 3.63) is 11.2 Å². The van der Waals surface area contributed by atoms with Crippen LogP contribution in [0.2, 0.25) is 0 Å². The molecule has 6 nitrogen and oxygen atoms in total. The summed E-state index contributed by atoms with van der Waals surface area (Å²) >= 11 is 1.24. The van der Waals surface area contributed by atoms with E-state index in [9.17, 15) is 10.0 Å². The average molecular weight is 217 g/mol. The Morgan fingerprint density at radius 2 is 2.50 bits per heavy atom. The number of nitrogens with zero attached hydrogens (tertiary/aromatic N) is 2. The molecule has 1 heterocycles. The second kappa shape index (κ2) is 4.25. The van der Waals surface area contributed by atoms with Crippen molar-refractivity contribution in [3.8, 4) is 5.06 Å². The van der Waals surface area contributed by atoms with E-state index in [0.717, 1.165) is 0 Å². The molecule has 3 N–H and O–H groups in total. The predicted molar refractivity (Wildman–Crippen MR) is 50.3 cm³/mol. The lowest BCUT2D eigenvalue weighted by molar-refractivity contribution is -0.0710. The third-order valence-electron chi connectivity index (χ3n) is 1.65. The van der Waals surface area contributed by atoms with E-state index in [1.165, 1.54) is 24.6 Å². The van der Waals surface area contributed by atoms with E-state index < -0.39 is 12.1 Å². The third kappa shape index (κ3) is 2.12. The fourth-order valence-corrected chi connectivity index (χ4v) is 1.63. The number of hydroxylamine groups is 2. The van der Waals surface area contributed by atoms with E-state index >= 15 is 0 Å². The topological polar surface area (TPSA) is 88.7 Å². The zero-order valence-corrected chi connectivity index (χ0v) is 8.61. The van der Waals surface area contributed by atoms with Crippen LogP contribution in [0.1, 0.15) is 18.0 Å². The maximum atomic E-state index is 10.6. The number of carbonyl (C=O) groups is 1. The van der Waals surface area contributed by atoms with Gasteiger partial charge in [-0.25, -0.2) is 9.78 Å². The van der Waals surface area contributed by atoms with E-state index in [2.05, 4.69) is 4.98 Å². The Labute approximate surface area is 84.9 Å². The van der Waals surface area contributed by atoms with Gasteiger partial charge in [0.25, 0.3) is 0 Å². The summed E-state index contributed by atoms with van der Waals surface area (Å²) in [4.78, 5) is 14.6. The van der Waals surface area contributed by atoms with Gasteiger partial charge in [0, 0.05) is 0 Å². The maximum absolute atomic E-state index is 10.6. The SMILES string of the molecule is COc1cnc(C(C)N(O)C(N)=O)s1. The molecule has 0 aliphatic heterocycles.